The number of para-hydroxylation sites is 2. The van der Waals surface area contributed by atoms with Crippen LogP contribution >= 0.6 is 11.3 Å². The van der Waals surface area contributed by atoms with E-state index in [-0.39, 0.29) is 11.4 Å². The van der Waals surface area contributed by atoms with Crippen LogP contribution in [0.2, 0.25) is 0 Å². The fourth-order valence-corrected chi connectivity index (χ4v) is 5.79. The van der Waals surface area contributed by atoms with Crippen LogP contribution in [-0.4, -0.2) is 69.8 Å². The van der Waals surface area contributed by atoms with E-state index in [1.807, 2.05) is 72.8 Å². The molecule has 4 aromatic rings. The Bertz CT molecular complexity index is 1560. The highest BCUT2D eigenvalue weighted by molar-refractivity contribution is 7.19. The summed E-state index contributed by atoms with van der Waals surface area (Å²) in [5, 5.41) is 11.0. The highest BCUT2D eigenvalue weighted by Crippen LogP contribution is 2.41. The zero-order chi connectivity index (χ0) is 26.3. The van der Waals surface area contributed by atoms with Gasteiger partial charge in [-0.1, -0.05) is 48.3 Å². The van der Waals surface area contributed by atoms with Gasteiger partial charge in [0.05, 0.1) is 27.5 Å². The van der Waals surface area contributed by atoms with Crippen molar-refractivity contribution in [3.05, 3.63) is 88.7 Å². The molecule has 0 spiro atoms. The van der Waals surface area contributed by atoms with Gasteiger partial charge in [-0.25, -0.2) is 4.98 Å². The number of hydrogen-bond donors (Lipinski definition) is 1. The Balaban J connectivity index is 1.61. The van der Waals surface area contributed by atoms with Gasteiger partial charge in [0.1, 0.15) is 12.4 Å². The van der Waals surface area contributed by atoms with Crippen molar-refractivity contribution in [2.24, 2.45) is 0 Å². The zero-order valence-electron chi connectivity index (χ0n) is 21.0. The molecule has 0 fully saturated rings. The number of aliphatic hydroxyl groups excluding tert-OH is 1. The highest BCUT2D eigenvalue weighted by atomic mass is 32.1. The van der Waals surface area contributed by atoms with Gasteiger partial charge in [-0.2, -0.15) is 0 Å². The van der Waals surface area contributed by atoms with Gasteiger partial charge < -0.3 is 19.6 Å². The van der Waals surface area contributed by atoms with Crippen molar-refractivity contribution >= 4 is 39.0 Å². The lowest BCUT2D eigenvalue weighted by Gasteiger charge is -2.28. The second kappa shape index (κ2) is 9.84. The smallest absolute Gasteiger partial charge is 0.290 e. The van der Waals surface area contributed by atoms with E-state index in [1.165, 1.54) is 11.3 Å². The second-order valence-electron chi connectivity index (χ2n) is 9.20. The fourth-order valence-electron chi connectivity index (χ4n) is 4.70. The largest absolute Gasteiger partial charge is 0.503 e. The average Bonchev–Trinajstić information content (AvgIpc) is 3.50. The van der Waals surface area contributed by atoms with Crippen molar-refractivity contribution in [3.63, 3.8) is 0 Å². The number of fused-ring (bicyclic) bond motifs is 3. The summed E-state index contributed by atoms with van der Waals surface area (Å²) in [7, 11) is 3.82. The Morgan fingerprint density at radius 1 is 1.24 bits per heavy atom. The van der Waals surface area contributed by atoms with Gasteiger partial charge in [-0.05, 0) is 50.8 Å². The molecule has 2 aromatic carbocycles. The first-order chi connectivity index (χ1) is 17.8. The maximum Gasteiger partial charge on any atom is 0.290 e. The van der Waals surface area contributed by atoms with E-state index in [1.54, 1.807) is 17.0 Å². The van der Waals surface area contributed by atoms with Crippen molar-refractivity contribution in [2.75, 3.05) is 33.8 Å². The number of rotatable bonds is 9. The minimum atomic E-state index is -0.752. The van der Waals surface area contributed by atoms with Crippen LogP contribution in [0.1, 0.15) is 27.0 Å². The van der Waals surface area contributed by atoms with E-state index < -0.39 is 17.7 Å². The number of amides is 1. The van der Waals surface area contributed by atoms with Crippen LogP contribution in [0.3, 0.4) is 0 Å². The van der Waals surface area contributed by atoms with Gasteiger partial charge >= 0.3 is 0 Å². The molecule has 2 aromatic heterocycles. The molecule has 1 unspecified atom stereocenters. The number of Topliss-reactive ketones (excluding diaryl/α,β-unsaturated/α-hetero) is 1. The van der Waals surface area contributed by atoms with E-state index in [0.717, 1.165) is 16.7 Å². The van der Waals surface area contributed by atoms with Crippen LogP contribution in [0.4, 0.5) is 0 Å². The third-order valence-electron chi connectivity index (χ3n) is 6.47. The molecule has 0 aliphatic carbocycles. The van der Waals surface area contributed by atoms with E-state index in [9.17, 15) is 14.7 Å². The Kier molecular flexibility index (Phi) is 6.57. The summed E-state index contributed by atoms with van der Waals surface area (Å²) in [4.78, 5) is 36.6. The number of hydrogen-bond acceptors (Lipinski definition) is 7. The summed E-state index contributed by atoms with van der Waals surface area (Å²) in [5.41, 5.74) is 3.23. The Morgan fingerprint density at radius 2 is 2.03 bits per heavy atom. The third-order valence-corrected chi connectivity index (χ3v) is 7.61. The fraction of sp³-hybridized carbons (Fsp3) is 0.250. The van der Waals surface area contributed by atoms with E-state index in [4.69, 9.17) is 4.74 Å². The predicted molar refractivity (Wildman–Crippen MR) is 144 cm³/mol. The summed E-state index contributed by atoms with van der Waals surface area (Å²) < 4.78 is 7.66. The third kappa shape index (κ3) is 4.30. The number of thiazole rings is 1. The first-order valence-electron chi connectivity index (χ1n) is 12.0. The minimum absolute atomic E-state index is 0.0709. The predicted octanol–water partition coefficient (Wildman–Crippen LogP) is 4.56. The molecule has 5 rings (SSSR count). The Hall–Kier alpha value is -3.95. The van der Waals surface area contributed by atoms with Crippen molar-refractivity contribution < 1.29 is 19.4 Å². The number of likely N-dealkylation sites (N-methyl/N-ethyl adjacent to an activating group) is 1. The van der Waals surface area contributed by atoms with Gasteiger partial charge in [0.15, 0.2) is 10.7 Å². The molecule has 8 nitrogen and oxygen atoms in total. The molecule has 190 valence electrons. The van der Waals surface area contributed by atoms with Gasteiger partial charge in [0.25, 0.3) is 5.91 Å². The highest BCUT2D eigenvalue weighted by Gasteiger charge is 2.44. The van der Waals surface area contributed by atoms with Crippen LogP contribution in [-0.2, 0) is 4.79 Å². The molecule has 1 N–H and O–H groups in total. The molecule has 1 amide bonds. The van der Waals surface area contributed by atoms with Crippen LogP contribution in [0.5, 0.6) is 5.75 Å². The van der Waals surface area contributed by atoms with Crippen LogP contribution < -0.4 is 4.74 Å². The summed E-state index contributed by atoms with van der Waals surface area (Å²) in [6.07, 6.45) is 1.65. The number of imidazole rings is 1. The number of aryl methyl sites for hydroxylation is 1. The first-order valence-corrected chi connectivity index (χ1v) is 12.8. The summed E-state index contributed by atoms with van der Waals surface area (Å²) in [6.45, 7) is 6.78. The number of benzene rings is 2. The molecule has 0 saturated heterocycles. The van der Waals surface area contributed by atoms with Gasteiger partial charge in [0, 0.05) is 18.8 Å². The zero-order valence-corrected chi connectivity index (χ0v) is 21.8. The number of carbonyl (C=O) groups excluding carboxylic acids is 2. The lowest BCUT2D eigenvalue weighted by Crippen LogP contribution is -2.36. The number of ether oxygens (including phenoxy) is 1. The standard InChI is InChI=1S/C28H28N4O4S/c1-5-15-36-19-10-8-9-18(16-19)23-22(25(34)27(35)31(23)14-13-30(3)4)24(33)26-17(2)32-21-12-7-6-11-20(21)29-28(32)37-26/h5-12,16,23,34H,1,13-15H2,2-4H3. The normalized spacial score (nSPS) is 15.9. The number of aromatic nitrogens is 2. The van der Waals surface area contributed by atoms with Gasteiger partial charge in [-0.3, -0.25) is 14.0 Å². The molecule has 1 atom stereocenters. The Labute approximate surface area is 218 Å². The number of ketones is 1. The first kappa shape index (κ1) is 24.7. The molecule has 1 aliphatic rings. The van der Waals surface area contributed by atoms with Crippen molar-refractivity contribution in [2.45, 2.75) is 13.0 Å². The van der Waals surface area contributed by atoms with Crippen molar-refractivity contribution in [1.29, 1.82) is 0 Å². The van der Waals surface area contributed by atoms with Crippen LogP contribution in [0, 0.1) is 6.92 Å². The number of carbonyl (C=O) groups is 2. The van der Waals surface area contributed by atoms with Crippen LogP contribution in [0.15, 0.2) is 72.5 Å². The molecular formula is C28H28N4O4S. The molecule has 1 aliphatic heterocycles. The molecule has 9 heteroatoms. The number of aliphatic hydroxyl groups is 1. The van der Waals surface area contributed by atoms with Gasteiger partial charge in [-0.15, -0.1) is 0 Å². The molecule has 3 heterocycles. The summed E-state index contributed by atoms with van der Waals surface area (Å²) in [5.74, 6) is -0.857. The van der Waals surface area contributed by atoms with E-state index >= 15 is 0 Å². The Morgan fingerprint density at radius 3 is 2.78 bits per heavy atom. The lowest BCUT2D eigenvalue weighted by molar-refractivity contribution is -0.129. The molecule has 0 bridgehead atoms. The monoisotopic (exact) mass is 516 g/mol. The second-order valence-corrected chi connectivity index (χ2v) is 10.2. The quantitative estimate of drug-likeness (QED) is 0.259. The topological polar surface area (TPSA) is 87.4 Å². The maximum atomic E-state index is 14.1. The summed E-state index contributed by atoms with van der Waals surface area (Å²) in [6, 6.07) is 14.3. The molecule has 0 saturated carbocycles. The van der Waals surface area contributed by atoms with Crippen LogP contribution in [0.25, 0.3) is 16.0 Å². The summed E-state index contributed by atoms with van der Waals surface area (Å²) >= 11 is 1.26. The average molecular weight is 517 g/mol. The minimum Gasteiger partial charge on any atom is -0.503 e. The molecular weight excluding hydrogens is 488 g/mol. The van der Waals surface area contributed by atoms with E-state index in [0.29, 0.717) is 40.8 Å². The van der Waals surface area contributed by atoms with Gasteiger partial charge in [0.2, 0.25) is 5.78 Å². The van der Waals surface area contributed by atoms with Crippen molar-refractivity contribution in [1.82, 2.24) is 19.2 Å². The lowest BCUT2D eigenvalue weighted by atomic mass is 9.95. The number of nitrogens with zero attached hydrogens (tertiary/aromatic N) is 4. The van der Waals surface area contributed by atoms with E-state index in [2.05, 4.69) is 11.6 Å². The molecule has 0 radical (unpaired) electrons. The SMILES string of the molecule is C=CCOc1cccc(C2C(C(=O)c3sc4nc5ccccc5n4c3C)=C(O)C(=O)N2CCN(C)C)c1. The van der Waals surface area contributed by atoms with Crippen molar-refractivity contribution in [3.8, 4) is 5.75 Å². The maximum absolute atomic E-state index is 14.1. The molecule has 37 heavy (non-hydrogen) atoms.